The number of hydrogen-bond donors (Lipinski definition) is 3. The van der Waals surface area contributed by atoms with Gasteiger partial charge in [-0.1, -0.05) is 31.4 Å². The molecule has 1 aliphatic carbocycles. The molecule has 0 radical (unpaired) electrons. The van der Waals surface area contributed by atoms with Crippen LogP contribution in [0, 0.1) is 5.92 Å². The first-order chi connectivity index (χ1) is 12.8. The van der Waals surface area contributed by atoms with Crippen molar-refractivity contribution in [3.05, 3.63) is 22.7 Å². The Morgan fingerprint density at radius 2 is 1.96 bits per heavy atom. The van der Waals surface area contributed by atoms with Crippen LogP contribution in [0.3, 0.4) is 0 Å². The number of esters is 1. The van der Waals surface area contributed by atoms with Crippen LogP contribution < -0.4 is 21.1 Å². The molecule has 2 rings (SSSR count). The standard InChI is InChI=1S/C18H24ClN3O5/c1-10-5-3-4-6-14(10)21-18(25)22-16(23)9-27-17(24)11-7-12(19)13(20)8-15(11)26-2/h7-8,10,14H,3-6,9,20H2,1-2H3,(H2,21,22,23,25)/t10-,14+/m0/s1. The summed E-state index contributed by atoms with van der Waals surface area (Å²) >= 11 is 5.90. The average Bonchev–Trinajstić information content (AvgIpc) is 2.63. The van der Waals surface area contributed by atoms with E-state index >= 15 is 0 Å². The lowest BCUT2D eigenvalue weighted by Crippen LogP contribution is -2.48. The molecule has 0 spiro atoms. The van der Waals surface area contributed by atoms with Crippen molar-refractivity contribution < 1.29 is 23.9 Å². The van der Waals surface area contributed by atoms with Crippen LogP contribution in [-0.4, -0.2) is 37.7 Å². The van der Waals surface area contributed by atoms with Crippen LogP contribution >= 0.6 is 11.6 Å². The van der Waals surface area contributed by atoms with Gasteiger partial charge in [-0.05, 0) is 24.8 Å². The Morgan fingerprint density at radius 1 is 1.26 bits per heavy atom. The zero-order valence-corrected chi connectivity index (χ0v) is 16.1. The zero-order valence-electron chi connectivity index (χ0n) is 15.3. The van der Waals surface area contributed by atoms with E-state index in [1.54, 1.807) is 0 Å². The molecule has 1 aromatic carbocycles. The lowest BCUT2D eigenvalue weighted by atomic mass is 9.86. The Balaban J connectivity index is 1.85. The van der Waals surface area contributed by atoms with Crippen LogP contribution in [0.4, 0.5) is 10.5 Å². The summed E-state index contributed by atoms with van der Waals surface area (Å²) < 4.78 is 9.99. The summed E-state index contributed by atoms with van der Waals surface area (Å²) in [6.45, 7) is 1.45. The molecule has 2 atom stereocenters. The number of imide groups is 1. The first-order valence-corrected chi connectivity index (χ1v) is 9.10. The minimum absolute atomic E-state index is 0.0324. The second-order valence-corrected chi connectivity index (χ2v) is 6.95. The van der Waals surface area contributed by atoms with Gasteiger partial charge in [0.15, 0.2) is 6.61 Å². The number of nitrogens with two attached hydrogens (primary N) is 1. The summed E-state index contributed by atoms with van der Waals surface area (Å²) in [5, 5.41) is 5.11. The predicted molar refractivity (Wildman–Crippen MR) is 101 cm³/mol. The van der Waals surface area contributed by atoms with Crippen molar-refractivity contribution in [2.24, 2.45) is 5.92 Å². The number of urea groups is 1. The highest BCUT2D eigenvalue weighted by Gasteiger charge is 2.24. The molecular formula is C18H24ClN3O5. The third-order valence-electron chi connectivity index (χ3n) is 4.55. The van der Waals surface area contributed by atoms with Crippen LogP contribution in [0.1, 0.15) is 43.0 Å². The number of nitrogen functional groups attached to an aromatic ring is 1. The van der Waals surface area contributed by atoms with Gasteiger partial charge in [-0.15, -0.1) is 0 Å². The Hall–Kier alpha value is -2.48. The molecule has 0 saturated heterocycles. The highest BCUT2D eigenvalue weighted by Crippen LogP contribution is 2.29. The van der Waals surface area contributed by atoms with Gasteiger partial charge >= 0.3 is 12.0 Å². The molecule has 0 heterocycles. The van der Waals surface area contributed by atoms with Gasteiger partial charge in [0.2, 0.25) is 0 Å². The van der Waals surface area contributed by atoms with E-state index in [9.17, 15) is 14.4 Å². The van der Waals surface area contributed by atoms with Gasteiger partial charge in [0, 0.05) is 12.1 Å². The molecule has 1 fully saturated rings. The maximum atomic E-state index is 12.2. The van der Waals surface area contributed by atoms with Gasteiger partial charge in [-0.2, -0.15) is 0 Å². The molecule has 1 saturated carbocycles. The molecule has 0 bridgehead atoms. The number of methoxy groups -OCH3 is 1. The fourth-order valence-corrected chi connectivity index (χ4v) is 3.17. The van der Waals surface area contributed by atoms with Crippen molar-refractivity contribution in [2.75, 3.05) is 19.5 Å². The van der Waals surface area contributed by atoms with Crippen molar-refractivity contribution in [1.29, 1.82) is 0 Å². The van der Waals surface area contributed by atoms with Crippen LogP contribution in [-0.2, 0) is 9.53 Å². The quantitative estimate of drug-likeness (QED) is 0.518. The molecule has 1 aliphatic rings. The third kappa shape index (κ3) is 5.75. The van der Waals surface area contributed by atoms with Crippen molar-refractivity contribution in [1.82, 2.24) is 10.6 Å². The van der Waals surface area contributed by atoms with Crippen molar-refractivity contribution in [3.63, 3.8) is 0 Å². The summed E-state index contributed by atoms with van der Waals surface area (Å²) in [5.41, 5.74) is 5.94. The molecule has 3 amide bonds. The van der Waals surface area contributed by atoms with Crippen molar-refractivity contribution in [2.45, 2.75) is 38.6 Å². The number of carbonyl (C=O) groups is 3. The molecule has 9 heteroatoms. The van der Waals surface area contributed by atoms with E-state index in [0.717, 1.165) is 25.7 Å². The molecule has 0 aliphatic heterocycles. The second kappa shape index (κ2) is 9.45. The monoisotopic (exact) mass is 397 g/mol. The van der Waals surface area contributed by atoms with Crippen LogP contribution in [0.5, 0.6) is 5.75 Å². The van der Waals surface area contributed by atoms with Crippen LogP contribution in [0.15, 0.2) is 12.1 Å². The van der Waals surface area contributed by atoms with E-state index in [4.69, 9.17) is 26.8 Å². The number of rotatable bonds is 5. The number of carbonyl (C=O) groups excluding carboxylic acids is 3. The molecule has 148 valence electrons. The Bertz CT molecular complexity index is 725. The fraction of sp³-hybridized carbons (Fsp3) is 0.500. The molecule has 1 aromatic rings. The number of halogens is 1. The van der Waals surface area contributed by atoms with E-state index in [2.05, 4.69) is 17.6 Å². The number of amides is 3. The number of anilines is 1. The summed E-state index contributed by atoms with van der Waals surface area (Å²) in [6.07, 6.45) is 4.12. The summed E-state index contributed by atoms with van der Waals surface area (Å²) in [7, 11) is 1.36. The predicted octanol–water partition coefficient (Wildman–Crippen LogP) is 2.49. The summed E-state index contributed by atoms with van der Waals surface area (Å²) in [4.78, 5) is 35.9. The summed E-state index contributed by atoms with van der Waals surface area (Å²) in [6, 6.07) is 2.13. The normalized spacial score (nSPS) is 19.1. The topological polar surface area (TPSA) is 120 Å². The number of hydrogen-bond acceptors (Lipinski definition) is 6. The minimum Gasteiger partial charge on any atom is -0.496 e. The van der Waals surface area contributed by atoms with E-state index in [0.29, 0.717) is 5.92 Å². The zero-order chi connectivity index (χ0) is 20.0. The second-order valence-electron chi connectivity index (χ2n) is 6.54. The fourth-order valence-electron chi connectivity index (χ4n) is 3.00. The van der Waals surface area contributed by atoms with Crippen LogP contribution in [0.2, 0.25) is 5.02 Å². The average molecular weight is 398 g/mol. The Labute approximate surface area is 162 Å². The highest BCUT2D eigenvalue weighted by molar-refractivity contribution is 6.33. The first kappa shape index (κ1) is 20.8. The van der Waals surface area contributed by atoms with Crippen LogP contribution in [0.25, 0.3) is 0 Å². The SMILES string of the molecule is COc1cc(N)c(Cl)cc1C(=O)OCC(=O)NC(=O)N[C@@H]1CCCC[C@@H]1C. The van der Waals surface area contributed by atoms with Crippen molar-refractivity contribution in [3.8, 4) is 5.75 Å². The van der Waals surface area contributed by atoms with E-state index in [-0.39, 0.29) is 28.1 Å². The smallest absolute Gasteiger partial charge is 0.342 e. The molecule has 4 N–H and O–H groups in total. The maximum Gasteiger partial charge on any atom is 0.342 e. The van der Waals surface area contributed by atoms with E-state index in [1.165, 1.54) is 19.2 Å². The van der Waals surface area contributed by atoms with Gasteiger partial charge in [0.05, 0.1) is 17.8 Å². The summed E-state index contributed by atoms with van der Waals surface area (Å²) in [5.74, 6) is -1.01. The maximum absolute atomic E-state index is 12.2. The first-order valence-electron chi connectivity index (χ1n) is 8.72. The molecule has 0 aromatic heterocycles. The van der Waals surface area contributed by atoms with E-state index < -0.39 is 24.5 Å². The van der Waals surface area contributed by atoms with Gasteiger partial charge in [0.25, 0.3) is 5.91 Å². The highest BCUT2D eigenvalue weighted by atomic mass is 35.5. The largest absolute Gasteiger partial charge is 0.496 e. The van der Waals surface area contributed by atoms with Gasteiger partial charge in [-0.25, -0.2) is 9.59 Å². The number of benzene rings is 1. The molecular weight excluding hydrogens is 374 g/mol. The molecule has 0 unspecified atom stereocenters. The molecule has 27 heavy (non-hydrogen) atoms. The number of nitrogens with one attached hydrogen (secondary N) is 2. The Kier molecular flexibility index (Phi) is 7.29. The lowest BCUT2D eigenvalue weighted by molar-refractivity contribution is -0.123. The van der Waals surface area contributed by atoms with E-state index in [1.807, 2.05) is 0 Å². The van der Waals surface area contributed by atoms with Gasteiger partial charge in [0.1, 0.15) is 11.3 Å². The Morgan fingerprint density at radius 3 is 2.63 bits per heavy atom. The van der Waals surface area contributed by atoms with Gasteiger partial charge in [-0.3, -0.25) is 10.1 Å². The molecule has 8 nitrogen and oxygen atoms in total. The van der Waals surface area contributed by atoms with Crippen molar-refractivity contribution >= 4 is 35.2 Å². The lowest BCUT2D eigenvalue weighted by Gasteiger charge is -2.29. The van der Waals surface area contributed by atoms with Gasteiger partial charge < -0.3 is 20.5 Å². The minimum atomic E-state index is -0.815. The third-order valence-corrected chi connectivity index (χ3v) is 4.88. The number of ether oxygens (including phenoxy) is 2.